The van der Waals surface area contributed by atoms with E-state index in [4.69, 9.17) is 4.52 Å². The second kappa shape index (κ2) is 7.73. The maximum Gasteiger partial charge on any atom is 0.268 e. The van der Waals surface area contributed by atoms with E-state index < -0.39 is 0 Å². The number of nitrogens with zero attached hydrogens (tertiary/aromatic N) is 2. The van der Waals surface area contributed by atoms with Crippen molar-refractivity contribution in [3.63, 3.8) is 0 Å². The van der Waals surface area contributed by atoms with Crippen molar-refractivity contribution in [3.8, 4) is 21.9 Å². The molecule has 3 rings (SSSR count). The summed E-state index contributed by atoms with van der Waals surface area (Å²) >= 11 is 1.63. The second-order valence-corrected chi connectivity index (χ2v) is 6.36. The predicted octanol–water partition coefficient (Wildman–Crippen LogP) is 4.35. The molecule has 23 heavy (non-hydrogen) atoms. The van der Waals surface area contributed by atoms with Crippen molar-refractivity contribution in [2.24, 2.45) is 0 Å². The quantitative estimate of drug-likeness (QED) is 0.744. The Morgan fingerprint density at radius 3 is 2.65 bits per heavy atom. The fourth-order valence-corrected chi connectivity index (χ4v) is 3.08. The van der Waals surface area contributed by atoms with E-state index in [1.165, 1.54) is 11.1 Å². The summed E-state index contributed by atoms with van der Waals surface area (Å²) in [4.78, 5) is 5.56. The number of benzene rings is 1. The second-order valence-electron chi connectivity index (χ2n) is 5.44. The van der Waals surface area contributed by atoms with E-state index >= 15 is 0 Å². The predicted molar refractivity (Wildman–Crippen MR) is 97.3 cm³/mol. The number of likely N-dealkylation sites (N-methyl/N-ethyl adjacent to an activating group) is 1. The average molecular weight is 350 g/mol. The Balaban J connectivity index is 0.00000192. The summed E-state index contributed by atoms with van der Waals surface area (Å²) in [5.41, 5.74) is 3.56. The van der Waals surface area contributed by atoms with Crippen molar-refractivity contribution in [2.45, 2.75) is 26.3 Å². The van der Waals surface area contributed by atoms with Crippen LogP contribution in [0.5, 0.6) is 0 Å². The van der Waals surface area contributed by atoms with Crippen LogP contribution in [0.25, 0.3) is 21.9 Å². The van der Waals surface area contributed by atoms with E-state index in [1.807, 2.05) is 7.05 Å². The highest BCUT2D eigenvalue weighted by Gasteiger charge is 2.16. The van der Waals surface area contributed by atoms with Crippen LogP contribution in [0.15, 0.2) is 40.2 Å². The normalized spacial score (nSPS) is 12.0. The monoisotopic (exact) mass is 349 g/mol. The minimum atomic E-state index is 0. The van der Waals surface area contributed by atoms with Gasteiger partial charge in [0.25, 0.3) is 5.89 Å². The Morgan fingerprint density at radius 1 is 1.22 bits per heavy atom. The van der Waals surface area contributed by atoms with E-state index in [9.17, 15) is 0 Å². The topological polar surface area (TPSA) is 51.0 Å². The molecular weight excluding hydrogens is 330 g/mol. The largest absolute Gasteiger partial charge is 0.333 e. The minimum absolute atomic E-state index is 0. The fourth-order valence-electron chi connectivity index (χ4n) is 2.24. The SMILES string of the molecule is CNC(C)Cc1noc(-c2sccc2-c2ccc(C)cc2)n1.Cl. The number of hydrogen-bond donors (Lipinski definition) is 1. The van der Waals surface area contributed by atoms with Gasteiger partial charge < -0.3 is 9.84 Å². The first-order valence-corrected chi connectivity index (χ1v) is 8.20. The van der Waals surface area contributed by atoms with Crippen LogP contribution in [0.1, 0.15) is 18.3 Å². The van der Waals surface area contributed by atoms with Gasteiger partial charge >= 0.3 is 0 Å². The van der Waals surface area contributed by atoms with Crippen molar-refractivity contribution < 1.29 is 4.52 Å². The van der Waals surface area contributed by atoms with Gasteiger partial charge in [0.2, 0.25) is 0 Å². The van der Waals surface area contributed by atoms with Gasteiger partial charge in [-0.25, -0.2) is 0 Å². The molecule has 0 spiro atoms. The highest BCUT2D eigenvalue weighted by atomic mass is 35.5. The molecule has 1 N–H and O–H groups in total. The number of aryl methyl sites for hydroxylation is 1. The van der Waals surface area contributed by atoms with Crippen LogP contribution in [0, 0.1) is 6.92 Å². The average Bonchev–Trinajstić information content (AvgIpc) is 3.16. The Hall–Kier alpha value is -1.69. The van der Waals surface area contributed by atoms with Gasteiger partial charge in [-0.2, -0.15) is 4.98 Å². The summed E-state index contributed by atoms with van der Waals surface area (Å²) in [5, 5.41) is 9.33. The van der Waals surface area contributed by atoms with Gasteiger partial charge in [0.15, 0.2) is 5.82 Å². The molecule has 6 heteroatoms. The van der Waals surface area contributed by atoms with Crippen LogP contribution in [0.2, 0.25) is 0 Å². The molecule has 0 saturated carbocycles. The molecule has 3 aromatic rings. The third kappa shape index (κ3) is 3.99. The maximum atomic E-state index is 5.46. The van der Waals surface area contributed by atoms with E-state index in [1.54, 1.807) is 11.3 Å². The van der Waals surface area contributed by atoms with Crippen LogP contribution in [-0.4, -0.2) is 23.2 Å². The van der Waals surface area contributed by atoms with Crippen LogP contribution >= 0.6 is 23.7 Å². The zero-order valence-electron chi connectivity index (χ0n) is 13.4. The van der Waals surface area contributed by atoms with E-state index in [2.05, 4.69) is 65.0 Å². The van der Waals surface area contributed by atoms with Crippen molar-refractivity contribution in [2.75, 3.05) is 7.05 Å². The van der Waals surface area contributed by atoms with Gasteiger partial charge in [-0.3, -0.25) is 0 Å². The van der Waals surface area contributed by atoms with Crippen LogP contribution in [0.3, 0.4) is 0 Å². The number of hydrogen-bond acceptors (Lipinski definition) is 5. The molecule has 1 unspecified atom stereocenters. The molecule has 0 saturated heterocycles. The lowest BCUT2D eigenvalue weighted by molar-refractivity contribution is 0.419. The number of rotatable bonds is 5. The standard InChI is InChI=1S/C17H19N3OS.ClH/c1-11-4-6-13(7-5-11)14-8-9-22-16(14)17-19-15(20-21-17)10-12(2)18-3;/h4-9,12,18H,10H2,1-3H3;1H. The van der Waals surface area contributed by atoms with Crippen molar-refractivity contribution >= 4 is 23.7 Å². The van der Waals surface area contributed by atoms with E-state index in [-0.39, 0.29) is 12.4 Å². The third-order valence-electron chi connectivity index (χ3n) is 3.67. The highest BCUT2D eigenvalue weighted by molar-refractivity contribution is 7.14. The van der Waals surface area contributed by atoms with Crippen molar-refractivity contribution in [1.29, 1.82) is 0 Å². The molecule has 0 fully saturated rings. The molecule has 0 radical (unpaired) electrons. The number of halogens is 1. The Kier molecular flexibility index (Phi) is 5.93. The molecule has 4 nitrogen and oxygen atoms in total. The Labute approximate surface area is 146 Å². The number of nitrogens with one attached hydrogen (secondary N) is 1. The lowest BCUT2D eigenvalue weighted by Gasteiger charge is -2.04. The maximum absolute atomic E-state index is 5.46. The molecular formula is C17H20ClN3OS. The Morgan fingerprint density at radius 2 is 1.96 bits per heavy atom. The Bertz CT molecular complexity index is 751. The summed E-state index contributed by atoms with van der Waals surface area (Å²) in [7, 11) is 1.93. The third-order valence-corrected chi connectivity index (χ3v) is 4.57. The van der Waals surface area contributed by atoms with Crippen LogP contribution < -0.4 is 5.32 Å². The summed E-state index contributed by atoms with van der Waals surface area (Å²) in [5.74, 6) is 1.34. The lowest BCUT2D eigenvalue weighted by Crippen LogP contribution is -2.24. The van der Waals surface area contributed by atoms with E-state index in [0.717, 1.165) is 22.7 Å². The van der Waals surface area contributed by atoms with Crippen molar-refractivity contribution in [1.82, 2.24) is 15.5 Å². The van der Waals surface area contributed by atoms with E-state index in [0.29, 0.717) is 11.9 Å². The van der Waals surface area contributed by atoms with Crippen molar-refractivity contribution in [3.05, 3.63) is 47.1 Å². The molecule has 1 aromatic carbocycles. The molecule has 0 aliphatic carbocycles. The lowest BCUT2D eigenvalue weighted by atomic mass is 10.1. The molecule has 122 valence electrons. The number of thiophene rings is 1. The van der Waals surface area contributed by atoms with Crippen LogP contribution in [-0.2, 0) is 6.42 Å². The van der Waals surface area contributed by atoms with Gasteiger partial charge in [0, 0.05) is 18.0 Å². The van der Waals surface area contributed by atoms with Gasteiger partial charge in [0.1, 0.15) is 4.88 Å². The molecule has 2 aromatic heterocycles. The summed E-state index contributed by atoms with van der Waals surface area (Å²) in [6.45, 7) is 4.18. The van der Waals surface area contributed by atoms with Gasteiger partial charge in [0.05, 0.1) is 0 Å². The molecule has 2 heterocycles. The highest BCUT2D eigenvalue weighted by Crippen LogP contribution is 2.35. The molecule has 0 aliphatic rings. The fraction of sp³-hybridized carbons (Fsp3) is 0.294. The molecule has 0 bridgehead atoms. The zero-order chi connectivity index (χ0) is 15.5. The number of aromatic nitrogens is 2. The van der Waals surface area contributed by atoms with Gasteiger partial charge in [-0.1, -0.05) is 35.0 Å². The summed E-state index contributed by atoms with van der Waals surface area (Å²) < 4.78 is 5.46. The molecule has 0 aliphatic heterocycles. The summed E-state index contributed by atoms with van der Waals surface area (Å²) in [6, 6.07) is 10.9. The zero-order valence-corrected chi connectivity index (χ0v) is 15.0. The van der Waals surface area contributed by atoms with Gasteiger partial charge in [-0.15, -0.1) is 23.7 Å². The minimum Gasteiger partial charge on any atom is -0.333 e. The van der Waals surface area contributed by atoms with Crippen LogP contribution in [0.4, 0.5) is 0 Å². The summed E-state index contributed by atoms with van der Waals surface area (Å²) in [6.07, 6.45) is 0.755. The first-order valence-electron chi connectivity index (χ1n) is 7.32. The molecule has 1 atom stereocenters. The molecule has 0 amide bonds. The first-order chi connectivity index (χ1) is 10.7. The first kappa shape index (κ1) is 17.7. The smallest absolute Gasteiger partial charge is 0.268 e. The van der Waals surface area contributed by atoms with Gasteiger partial charge in [-0.05, 0) is 37.9 Å².